The number of thioether (sulfide) groups is 1. The van der Waals surface area contributed by atoms with Gasteiger partial charge < -0.3 is 10.8 Å². The van der Waals surface area contributed by atoms with Crippen LogP contribution in [0.2, 0.25) is 0 Å². The number of alkyl halides is 3. The van der Waals surface area contributed by atoms with Crippen molar-refractivity contribution in [2.75, 3.05) is 6.26 Å². The zero-order chi connectivity index (χ0) is 25.7. The first-order chi connectivity index (χ1) is 15.8. The minimum absolute atomic E-state index is 0.150. The summed E-state index contributed by atoms with van der Waals surface area (Å²) in [7, 11) is -3.75. The standard InChI is InChI=1S/C19H15N3O2S3.C2HF3O2/c1-25-19-17(10-16(26-19)18(21)22)27(23,24)15-4-2-3-14(9-15)13-7-5-12(11-20)6-8-13;3-2(4,5)1(6)7/h2-10H,1H3,(H3,21,22);(H,6,7). The maximum Gasteiger partial charge on any atom is 0.490 e. The number of halogens is 3. The molecule has 34 heavy (non-hydrogen) atoms. The monoisotopic (exact) mass is 527 g/mol. The van der Waals surface area contributed by atoms with Gasteiger partial charge in [-0.3, -0.25) is 5.41 Å². The summed E-state index contributed by atoms with van der Waals surface area (Å²) in [6.45, 7) is 0. The Labute approximate surface area is 201 Å². The number of nitrogen functional groups attached to an aromatic ring is 1. The van der Waals surface area contributed by atoms with Crippen molar-refractivity contribution < 1.29 is 31.5 Å². The first-order valence-corrected chi connectivity index (χ1v) is 12.5. The summed E-state index contributed by atoms with van der Waals surface area (Å²) in [6.07, 6.45) is -3.29. The first kappa shape index (κ1) is 26.9. The fourth-order valence-electron chi connectivity index (χ4n) is 2.53. The van der Waals surface area contributed by atoms with E-state index in [-0.39, 0.29) is 15.6 Å². The predicted molar refractivity (Wildman–Crippen MR) is 123 cm³/mol. The molecule has 0 spiro atoms. The molecule has 178 valence electrons. The fraction of sp³-hybridized carbons (Fsp3) is 0.0952. The Balaban J connectivity index is 0.000000509. The molecular weight excluding hydrogens is 511 g/mol. The zero-order valence-corrected chi connectivity index (χ0v) is 19.7. The molecule has 0 saturated carbocycles. The maximum absolute atomic E-state index is 13.2. The number of nitrogens with zero attached hydrogens (tertiary/aromatic N) is 1. The molecule has 0 fully saturated rings. The molecular formula is C21H16F3N3O4S3. The van der Waals surface area contributed by atoms with Crippen molar-refractivity contribution in [2.45, 2.75) is 20.2 Å². The van der Waals surface area contributed by atoms with Crippen LogP contribution in [0.3, 0.4) is 0 Å². The van der Waals surface area contributed by atoms with Crippen LogP contribution in [0.5, 0.6) is 0 Å². The molecule has 7 nitrogen and oxygen atoms in total. The highest BCUT2D eigenvalue weighted by Gasteiger charge is 2.38. The lowest BCUT2D eigenvalue weighted by atomic mass is 10.0. The molecule has 1 aromatic heterocycles. The number of carboxylic acids is 1. The summed E-state index contributed by atoms with van der Waals surface area (Å²) < 4.78 is 58.7. The van der Waals surface area contributed by atoms with Gasteiger partial charge in [0.15, 0.2) is 0 Å². The Morgan fingerprint density at radius 1 is 1.15 bits per heavy atom. The third kappa shape index (κ3) is 6.37. The fourth-order valence-corrected chi connectivity index (χ4v) is 6.43. The Kier molecular flexibility index (Phi) is 8.49. The van der Waals surface area contributed by atoms with Crippen LogP contribution in [0.1, 0.15) is 10.4 Å². The highest BCUT2D eigenvalue weighted by molar-refractivity contribution is 8.01. The molecule has 0 unspecified atom stereocenters. The van der Waals surface area contributed by atoms with Crippen LogP contribution in [-0.2, 0) is 14.6 Å². The molecule has 3 aromatic rings. The number of nitrogens with two attached hydrogens (primary N) is 1. The Morgan fingerprint density at radius 2 is 1.74 bits per heavy atom. The van der Waals surface area contributed by atoms with E-state index in [4.69, 9.17) is 26.3 Å². The molecule has 2 aromatic carbocycles. The van der Waals surface area contributed by atoms with Gasteiger partial charge in [0.1, 0.15) is 5.84 Å². The average molecular weight is 528 g/mol. The molecule has 0 atom stereocenters. The van der Waals surface area contributed by atoms with E-state index in [0.717, 1.165) is 11.1 Å². The van der Waals surface area contributed by atoms with E-state index in [0.29, 0.717) is 14.6 Å². The Hall–Kier alpha value is -3.34. The van der Waals surface area contributed by atoms with E-state index in [2.05, 4.69) is 6.07 Å². The van der Waals surface area contributed by atoms with Gasteiger partial charge in [-0.05, 0) is 47.7 Å². The molecule has 4 N–H and O–H groups in total. The van der Waals surface area contributed by atoms with E-state index in [1.54, 1.807) is 48.7 Å². The highest BCUT2D eigenvalue weighted by atomic mass is 32.2. The second-order valence-corrected chi connectivity index (χ2v) is 10.4. The normalized spacial score (nSPS) is 11.1. The molecule has 0 aliphatic heterocycles. The number of nitriles is 1. The topological polar surface area (TPSA) is 145 Å². The van der Waals surface area contributed by atoms with E-state index in [1.165, 1.54) is 29.2 Å². The molecule has 0 bridgehead atoms. The Bertz CT molecular complexity index is 1360. The van der Waals surface area contributed by atoms with E-state index < -0.39 is 22.0 Å². The van der Waals surface area contributed by atoms with Gasteiger partial charge in [-0.1, -0.05) is 24.3 Å². The van der Waals surface area contributed by atoms with Crippen molar-refractivity contribution in [3.05, 3.63) is 65.0 Å². The minimum Gasteiger partial charge on any atom is -0.475 e. The van der Waals surface area contributed by atoms with Crippen LogP contribution in [-0.4, -0.2) is 37.8 Å². The second-order valence-electron chi connectivity index (χ2n) is 6.40. The lowest BCUT2D eigenvalue weighted by molar-refractivity contribution is -0.192. The van der Waals surface area contributed by atoms with Gasteiger partial charge in [0.05, 0.1) is 30.5 Å². The maximum atomic E-state index is 13.2. The number of sulfone groups is 1. The van der Waals surface area contributed by atoms with E-state index >= 15 is 0 Å². The molecule has 0 aliphatic rings. The molecule has 0 aliphatic carbocycles. The minimum atomic E-state index is -5.08. The van der Waals surface area contributed by atoms with E-state index in [9.17, 15) is 21.6 Å². The van der Waals surface area contributed by atoms with E-state index in [1.807, 2.05) is 6.07 Å². The summed E-state index contributed by atoms with van der Waals surface area (Å²) in [4.78, 5) is 9.67. The highest BCUT2D eigenvalue weighted by Crippen LogP contribution is 2.37. The van der Waals surface area contributed by atoms with Crippen LogP contribution in [0.4, 0.5) is 13.2 Å². The van der Waals surface area contributed by atoms with Crippen LogP contribution in [0.25, 0.3) is 11.1 Å². The SMILES string of the molecule is CSc1sc(C(=N)N)cc1S(=O)(=O)c1cccc(-c2ccc(C#N)cc2)c1.O=C(O)C(F)(F)F. The van der Waals surface area contributed by atoms with Gasteiger partial charge >= 0.3 is 12.1 Å². The number of hydrogen-bond donors (Lipinski definition) is 3. The number of benzene rings is 2. The van der Waals surface area contributed by atoms with Crippen LogP contribution < -0.4 is 5.73 Å². The number of hydrogen-bond acceptors (Lipinski definition) is 7. The zero-order valence-electron chi connectivity index (χ0n) is 17.3. The van der Waals surface area contributed by atoms with Crippen molar-refractivity contribution in [3.8, 4) is 17.2 Å². The summed E-state index contributed by atoms with van der Waals surface area (Å²) in [6, 6.07) is 17.2. The smallest absolute Gasteiger partial charge is 0.475 e. The molecule has 0 radical (unpaired) electrons. The van der Waals surface area contributed by atoms with Crippen LogP contribution in [0, 0.1) is 16.7 Å². The summed E-state index contributed by atoms with van der Waals surface area (Å²) in [5.74, 6) is -2.91. The van der Waals surface area contributed by atoms with Gasteiger partial charge in [0, 0.05) is 0 Å². The third-order valence-corrected chi connectivity index (χ3v) is 8.48. The van der Waals surface area contributed by atoms with Crippen LogP contribution in [0.15, 0.2) is 68.6 Å². The number of carbonyl (C=O) groups is 1. The van der Waals surface area contributed by atoms with Gasteiger partial charge in [0.2, 0.25) is 9.84 Å². The molecule has 0 saturated heterocycles. The first-order valence-electron chi connectivity index (χ1n) is 8.99. The van der Waals surface area contributed by atoms with Gasteiger partial charge in [-0.25, -0.2) is 13.2 Å². The molecule has 13 heteroatoms. The van der Waals surface area contributed by atoms with Crippen LogP contribution >= 0.6 is 23.1 Å². The molecule has 0 amide bonds. The van der Waals surface area contributed by atoms with Crippen molar-refractivity contribution in [2.24, 2.45) is 5.73 Å². The number of aliphatic carboxylic acids is 1. The number of amidine groups is 1. The summed E-state index contributed by atoms with van der Waals surface area (Å²) in [5.41, 5.74) is 7.64. The predicted octanol–water partition coefficient (Wildman–Crippen LogP) is 4.76. The Morgan fingerprint density at radius 3 is 2.21 bits per heavy atom. The molecule has 1 heterocycles. The van der Waals surface area contributed by atoms with Crippen molar-refractivity contribution in [3.63, 3.8) is 0 Å². The number of carboxylic acid groups (broad SMARTS) is 1. The number of nitrogens with one attached hydrogen (secondary N) is 1. The van der Waals surface area contributed by atoms with Gasteiger partial charge in [-0.15, -0.1) is 23.1 Å². The van der Waals surface area contributed by atoms with Gasteiger partial charge in [-0.2, -0.15) is 18.4 Å². The van der Waals surface area contributed by atoms with Gasteiger partial charge in [0.25, 0.3) is 0 Å². The van der Waals surface area contributed by atoms with Crippen molar-refractivity contribution >= 4 is 44.7 Å². The number of rotatable bonds is 5. The second kappa shape index (κ2) is 10.7. The lowest BCUT2D eigenvalue weighted by Gasteiger charge is -2.08. The third-order valence-electron chi connectivity index (χ3n) is 4.14. The van der Waals surface area contributed by atoms with Crippen molar-refractivity contribution in [1.82, 2.24) is 0 Å². The number of thiophene rings is 1. The lowest BCUT2D eigenvalue weighted by Crippen LogP contribution is -2.21. The summed E-state index contributed by atoms with van der Waals surface area (Å²) in [5, 5.41) is 23.6. The molecule has 3 rings (SSSR count). The van der Waals surface area contributed by atoms with Crippen molar-refractivity contribution in [1.29, 1.82) is 10.7 Å². The average Bonchev–Trinajstić information content (AvgIpc) is 3.25. The largest absolute Gasteiger partial charge is 0.490 e. The quantitative estimate of drug-likeness (QED) is 0.246. The summed E-state index contributed by atoms with van der Waals surface area (Å²) >= 11 is 2.51.